The predicted molar refractivity (Wildman–Crippen MR) is 102 cm³/mol. The first kappa shape index (κ1) is 19.2. The Hall–Kier alpha value is -2.57. The lowest BCUT2D eigenvalue weighted by Crippen LogP contribution is -2.51. The van der Waals surface area contributed by atoms with E-state index in [2.05, 4.69) is 17.4 Å². The second kappa shape index (κ2) is 7.58. The summed E-state index contributed by atoms with van der Waals surface area (Å²) in [6.45, 7) is 7.30. The van der Waals surface area contributed by atoms with Crippen molar-refractivity contribution in [2.45, 2.75) is 46.1 Å². The average molecular weight is 373 g/mol. The van der Waals surface area contributed by atoms with Gasteiger partial charge in [-0.1, -0.05) is 17.7 Å². The molecule has 3 rings (SSSR count). The Labute approximate surface area is 159 Å². The lowest BCUT2D eigenvalue weighted by Gasteiger charge is -2.31. The molecule has 2 fully saturated rings. The van der Waals surface area contributed by atoms with Gasteiger partial charge in [0.15, 0.2) is 0 Å². The number of urea groups is 1. The highest BCUT2D eigenvalue weighted by Gasteiger charge is 2.36. The summed E-state index contributed by atoms with van der Waals surface area (Å²) in [5, 5.41) is 12.0. The SMILES string of the molecule is Cc1cc(C)c(N2CCC(NC(=O)N3CCCC(C(=O)O)C3)C2=O)c(C)c1. The molecule has 7 heteroatoms. The van der Waals surface area contributed by atoms with E-state index in [1.165, 1.54) is 4.90 Å². The highest BCUT2D eigenvalue weighted by molar-refractivity contribution is 6.02. The van der Waals surface area contributed by atoms with E-state index in [9.17, 15) is 19.5 Å². The largest absolute Gasteiger partial charge is 0.481 e. The highest BCUT2D eigenvalue weighted by atomic mass is 16.4. The number of carbonyl (C=O) groups is 3. The number of carboxylic acid groups (broad SMARTS) is 1. The molecule has 2 aliphatic heterocycles. The number of amides is 3. The smallest absolute Gasteiger partial charge is 0.318 e. The van der Waals surface area contributed by atoms with E-state index in [1.807, 2.05) is 20.8 Å². The number of likely N-dealkylation sites (tertiary alicyclic amines) is 1. The molecule has 0 radical (unpaired) electrons. The van der Waals surface area contributed by atoms with Gasteiger partial charge in [0.05, 0.1) is 5.92 Å². The molecule has 27 heavy (non-hydrogen) atoms. The van der Waals surface area contributed by atoms with Gasteiger partial charge in [-0.05, 0) is 51.2 Å². The van der Waals surface area contributed by atoms with Crippen LogP contribution in [0.3, 0.4) is 0 Å². The molecule has 0 aliphatic carbocycles. The molecule has 0 saturated carbocycles. The van der Waals surface area contributed by atoms with Gasteiger partial charge in [0, 0.05) is 25.3 Å². The monoisotopic (exact) mass is 373 g/mol. The standard InChI is InChI=1S/C20H27N3O4/c1-12-9-13(2)17(14(3)10-12)23-8-6-16(18(23)24)21-20(27)22-7-4-5-15(11-22)19(25)26/h9-10,15-16H,4-8,11H2,1-3H3,(H,21,27)(H,25,26). The number of nitrogens with zero attached hydrogens (tertiary/aromatic N) is 2. The number of aryl methyl sites for hydroxylation is 3. The molecule has 2 N–H and O–H groups in total. The Morgan fingerprint density at radius 3 is 2.41 bits per heavy atom. The zero-order valence-electron chi connectivity index (χ0n) is 16.1. The number of rotatable bonds is 3. The first-order valence-corrected chi connectivity index (χ1v) is 9.45. The Bertz CT molecular complexity index is 753. The second-order valence-corrected chi connectivity index (χ2v) is 7.65. The molecule has 2 heterocycles. The van der Waals surface area contributed by atoms with Gasteiger partial charge in [-0.3, -0.25) is 9.59 Å². The van der Waals surface area contributed by atoms with Gasteiger partial charge >= 0.3 is 12.0 Å². The Morgan fingerprint density at radius 1 is 1.11 bits per heavy atom. The molecule has 0 spiro atoms. The quantitative estimate of drug-likeness (QED) is 0.850. The van der Waals surface area contributed by atoms with E-state index < -0.39 is 17.9 Å². The number of nitrogens with one attached hydrogen (secondary N) is 1. The number of benzene rings is 1. The third-order valence-corrected chi connectivity index (χ3v) is 5.47. The molecule has 0 bridgehead atoms. The van der Waals surface area contributed by atoms with Crippen LogP contribution in [-0.2, 0) is 9.59 Å². The Kier molecular flexibility index (Phi) is 5.39. The molecule has 1 aromatic carbocycles. The molecule has 3 amide bonds. The van der Waals surface area contributed by atoms with Gasteiger partial charge in [-0.25, -0.2) is 4.79 Å². The number of aliphatic carboxylic acids is 1. The molecule has 1 aromatic rings. The summed E-state index contributed by atoms with van der Waals surface area (Å²) in [5.41, 5.74) is 4.18. The van der Waals surface area contributed by atoms with Crippen molar-refractivity contribution in [3.63, 3.8) is 0 Å². The number of carboxylic acids is 1. The average Bonchev–Trinajstić information content (AvgIpc) is 2.95. The minimum Gasteiger partial charge on any atom is -0.481 e. The van der Waals surface area contributed by atoms with E-state index in [-0.39, 0.29) is 18.5 Å². The zero-order valence-corrected chi connectivity index (χ0v) is 16.1. The van der Waals surface area contributed by atoms with E-state index in [0.29, 0.717) is 32.4 Å². The normalized spacial score (nSPS) is 22.9. The summed E-state index contributed by atoms with van der Waals surface area (Å²) < 4.78 is 0. The molecule has 2 unspecified atom stereocenters. The van der Waals surface area contributed by atoms with Crippen LogP contribution in [0.2, 0.25) is 0 Å². The summed E-state index contributed by atoms with van der Waals surface area (Å²) in [6, 6.07) is 3.20. The zero-order chi connectivity index (χ0) is 19.7. The molecule has 2 saturated heterocycles. The van der Waals surface area contributed by atoms with Crippen molar-refractivity contribution in [1.29, 1.82) is 0 Å². The van der Waals surface area contributed by atoms with Gasteiger partial charge in [0.25, 0.3) is 0 Å². The number of hydrogen-bond acceptors (Lipinski definition) is 3. The van der Waals surface area contributed by atoms with Crippen LogP contribution in [0, 0.1) is 26.7 Å². The summed E-state index contributed by atoms with van der Waals surface area (Å²) in [5.74, 6) is -1.51. The van der Waals surface area contributed by atoms with Crippen molar-refractivity contribution >= 4 is 23.6 Å². The first-order chi connectivity index (χ1) is 12.8. The summed E-state index contributed by atoms with van der Waals surface area (Å²) >= 11 is 0. The van der Waals surface area contributed by atoms with Crippen LogP contribution < -0.4 is 10.2 Å². The van der Waals surface area contributed by atoms with Crippen LogP contribution in [0.15, 0.2) is 12.1 Å². The molecule has 7 nitrogen and oxygen atoms in total. The molecular weight excluding hydrogens is 346 g/mol. The van der Waals surface area contributed by atoms with Crippen LogP contribution >= 0.6 is 0 Å². The van der Waals surface area contributed by atoms with Crippen molar-refractivity contribution in [3.8, 4) is 0 Å². The fraction of sp³-hybridized carbons (Fsp3) is 0.550. The summed E-state index contributed by atoms with van der Waals surface area (Å²) in [7, 11) is 0. The van der Waals surface area contributed by atoms with Gasteiger partial charge in [0.2, 0.25) is 5.91 Å². The molecule has 0 aromatic heterocycles. The van der Waals surface area contributed by atoms with Crippen molar-refractivity contribution in [2.24, 2.45) is 5.92 Å². The topological polar surface area (TPSA) is 90.0 Å². The highest BCUT2D eigenvalue weighted by Crippen LogP contribution is 2.30. The molecular formula is C20H27N3O4. The third kappa shape index (κ3) is 3.91. The Morgan fingerprint density at radius 2 is 1.78 bits per heavy atom. The third-order valence-electron chi connectivity index (χ3n) is 5.47. The minimum atomic E-state index is -0.874. The van der Waals surface area contributed by atoms with E-state index in [1.54, 1.807) is 4.90 Å². The van der Waals surface area contributed by atoms with Crippen LogP contribution in [0.5, 0.6) is 0 Å². The van der Waals surface area contributed by atoms with E-state index in [0.717, 1.165) is 22.4 Å². The summed E-state index contributed by atoms with van der Waals surface area (Å²) in [6.07, 6.45) is 1.80. The van der Waals surface area contributed by atoms with Gasteiger partial charge in [-0.2, -0.15) is 0 Å². The fourth-order valence-electron chi connectivity index (χ4n) is 4.24. The molecule has 2 aliphatic rings. The maximum Gasteiger partial charge on any atom is 0.318 e. The lowest BCUT2D eigenvalue weighted by atomic mass is 9.99. The van der Waals surface area contributed by atoms with E-state index >= 15 is 0 Å². The predicted octanol–water partition coefficient (Wildman–Crippen LogP) is 2.22. The van der Waals surface area contributed by atoms with Crippen molar-refractivity contribution in [2.75, 3.05) is 24.5 Å². The second-order valence-electron chi connectivity index (χ2n) is 7.65. The van der Waals surface area contributed by atoms with Crippen LogP contribution in [0.4, 0.5) is 10.5 Å². The van der Waals surface area contributed by atoms with Crippen molar-refractivity contribution < 1.29 is 19.5 Å². The summed E-state index contributed by atoms with van der Waals surface area (Å²) in [4.78, 5) is 39.9. The minimum absolute atomic E-state index is 0.106. The number of carbonyl (C=O) groups excluding carboxylic acids is 2. The van der Waals surface area contributed by atoms with Crippen molar-refractivity contribution in [1.82, 2.24) is 10.2 Å². The maximum atomic E-state index is 12.9. The van der Waals surface area contributed by atoms with Crippen LogP contribution in [-0.4, -0.2) is 53.6 Å². The first-order valence-electron chi connectivity index (χ1n) is 9.45. The van der Waals surface area contributed by atoms with E-state index in [4.69, 9.17) is 0 Å². The van der Waals surface area contributed by atoms with Crippen LogP contribution in [0.1, 0.15) is 36.0 Å². The van der Waals surface area contributed by atoms with Gasteiger partial charge in [-0.15, -0.1) is 0 Å². The van der Waals surface area contributed by atoms with Crippen LogP contribution in [0.25, 0.3) is 0 Å². The molecule has 146 valence electrons. The number of anilines is 1. The fourth-order valence-corrected chi connectivity index (χ4v) is 4.24. The molecule has 2 atom stereocenters. The lowest BCUT2D eigenvalue weighted by molar-refractivity contribution is -0.143. The maximum absolute atomic E-state index is 12.9. The Balaban J connectivity index is 1.67. The van der Waals surface area contributed by atoms with Gasteiger partial charge in [0.1, 0.15) is 6.04 Å². The van der Waals surface area contributed by atoms with Gasteiger partial charge < -0.3 is 20.2 Å². The van der Waals surface area contributed by atoms with Crippen molar-refractivity contribution in [3.05, 3.63) is 28.8 Å². The number of hydrogen-bond donors (Lipinski definition) is 2. The number of piperidine rings is 1.